The van der Waals surface area contributed by atoms with Crippen molar-refractivity contribution < 1.29 is 19.1 Å². The van der Waals surface area contributed by atoms with E-state index in [1.165, 1.54) is 7.11 Å². The predicted molar refractivity (Wildman–Crippen MR) is 110 cm³/mol. The molecule has 8 nitrogen and oxygen atoms in total. The van der Waals surface area contributed by atoms with Crippen molar-refractivity contribution >= 4 is 29.3 Å². The monoisotopic (exact) mass is 396 g/mol. The molecule has 0 unspecified atom stereocenters. The second kappa shape index (κ2) is 9.59. The molecule has 3 rings (SSSR count). The van der Waals surface area contributed by atoms with Gasteiger partial charge in [0, 0.05) is 36.1 Å². The van der Waals surface area contributed by atoms with E-state index < -0.39 is 5.97 Å². The second-order valence-corrected chi connectivity index (χ2v) is 6.71. The summed E-state index contributed by atoms with van der Waals surface area (Å²) in [6.45, 7) is 1.10. The smallest absolute Gasteiger partial charge is 0.325 e. The Morgan fingerprint density at radius 3 is 2.45 bits per heavy atom. The number of nitrogens with zero attached hydrogens (tertiary/aromatic N) is 1. The van der Waals surface area contributed by atoms with Gasteiger partial charge in [0.2, 0.25) is 0 Å². The molecule has 152 valence electrons. The van der Waals surface area contributed by atoms with Gasteiger partial charge in [0.15, 0.2) is 0 Å². The molecule has 1 aliphatic rings. The number of benzene rings is 2. The van der Waals surface area contributed by atoms with E-state index in [0.29, 0.717) is 24.3 Å². The molecule has 1 saturated heterocycles. The zero-order chi connectivity index (χ0) is 20.6. The van der Waals surface area contributed by atoms with Gasteiger partial charge in [-0.1, -0.05) is 18.2 Å². The quantitative estimate of drug-likeness (QED) is 0.651. The zero-order valence-electron chi connectivity index (χ0n) is 16.2. The first kappa shape index (κ1) is 20.2. The summed E-state index contributed by atoms with van der Waals surface area (Å²) in [6, 6.07) is 16.4. The van der Waals surface area contributed by atoms with Crippen molar-refractivity contribution in [1.29, 1.82) is 0 Å². The average Bonchev–Trinajstić information content (AvgIpc) is 3.21. The van der Waals surface area contributed by atoms with E-state index in [1.54, 1.807) is 29.2 Å². The van der Waals surface area contributed by atoms with E-state index in [2.05, 4.69) is 20.7 Å². The lowest BCUT2D eigenvalue weighted by Crippen LogP contribution is -2.35. The van der Waals surface area contributed by atoms with Gasteiger partial charge in [-0.05, 0) is 42.8 Å². The number of ether oxygens (including phenoxy) is 1. The van der Waals surface area contributed by atoms with E-state index in [-0.39, 0.29) is 24.5 Å². The number of likely N-dealkylation sites (tertiary alicyclic amines) is 1. The Morgan fingerprint density at radius 2 is 1.76 bits per heavy atom. The van der Waals surface area contributed by atoms with Gasteiger partial charge in [0.25, 0.3) is 5.91 Å². The molecule has 0 aromatic heterocycles. The third-order valence-corrected chi connectivity index (χ3v) is 4.64. The summed E-state index contributed by atoms with van der Waals surface area (Å²) in [6.07, 6.45) is 0.877. The van der Waals surface area contributed by atoms with Crippen molar-refractivity contribution in [3.63, 3.8) is 0 Å². The number of carbonyl (C=O) groups is 3. The number of methoxy groups -OCH3 is 1. The van der Waals surface area contributed by atoms with E-state index in [1.807, 2.05) is 30.3 Å². The summed E-state index contributed by atoms with van der Waals surface area (Å²) < 4.78 is 4.48. The molecule has 1 aliphatic heterocycles. The fourth-order valence-electron chi connectivity index (χ4n) is 3.07. The predicted octanol–water partition coefficient (Wildman–Crippen LogP) is 2.31. The van der Waals surface area contributed by atoms with Crippen LogP contribution in [-0.2, 0) is 9.53 Å². The first-order chi connectivity index (χ1) is 14.0. The summed E-state index contributed by atoms with van der Waals surface area (Å²) in [5.41, 5.74) is 2.03. The Labute approximate surface area is 169 Å². The molecule has 0 radical (unpaired) electrons. The van der Waals surface area contributed by atoms with Gasteiger partial charge in [-0.3, -0.25) is 9.59 Å². The zero-order valence-corrected chi connectivity index (χ0v) is 16.2. The van der Waals surface area contributed by atoms with E-state index in [4.69, 9.17) is 0 Å². The molecule has 2 aromatic carbocycles. The molecule has 8 heteroatoms. The normalized spacial score (nSPS) is 15.5. The number of amides is 3. The second-order valence-electron chi connectivity index (χ2n) is 6.71. The van der Waals surface area contributed by atoms with Crippen LogP contribution in [0.1, 0.15) is 16.8 Å². The summed E-state index contributed by atoms with van der Waals surface area (Å²) in [4.78, 5) is 37.3. The first-order valence-electron chi connectivity index (χ1n) is 9.38. The van der Waals surface area contributed by atoms with Crippen molar-refractivity contribution in [2.75, 3.05) is 37.4 Å². The van der Waals surface area contributed by atoms with Crippen LogP contribution in [0.3, 0.4) is 0 Å². The third kappa shape index (κ3) is 5.71. The standard InChI is InChI=1S/C21H24N4O4/c1-29-19(26)13-22-20(27)15-7-9-17(10-8-15)24-21(28)25-12-11-18(14-25)23-16-5-3-2-4-6-16/h2-10,18,23H,11-14H2,1H3,(H,22,27)(H,24,28)/t18-/m0/s1. The highest BCUT2D eigenvalue weighted by molar-refractivity contribution is 5.97. The van der Waals surface area contributed by atoms with Crippen molar-refractivity contribution in [2.24, 2.45) is 0 Å². The Morgan fingerprint density at radius 1 is 1.03 bits per heavy atom. The van der Waals surface area contributed by atoms with Gasteiger partial charge < -0.3 is 25.6 Å². The maximum atomic E-state index is 12.5. The van der Waals surface area contributed by atoms with Crippen LogP contribution < -0.4 is 16.0 Å². The minimum absolute atomic E-state index is 0.176. The molecule has 3 amide bonds. The lowest BCUT2D eigenvalue weighted by molar-refractivity contribution is -0.139. The van der Waals surface area contributed by atoms with Crippen LogP contribution >= 0.6 is 0 Å². The molecule has 0 aliphatic carbocycles. The third-order valence-electron chi connectivity index (χ3n) is 4.64. The minimum Gasteiger partial charge on any atom is -0.468 e. The van der Waals surface area contributed by atoms with Crippen LogP contribution in [0.15, 0.2) is 54.6 Å². The molecule has 3 N–H and O–H groups in total. The lowest BCUT2D eigenvalue weighted by atomic mass is 10.2. The maximum absolute atomic E-state index is 12.5. The van der Waals surface area contributed by atoms with E-state index in [0.717, 1.165) is 12.1 Å². The Kier molecular flexibility index (Phi) is 6.67. The first-order valence-corrected chi connectivity index (χ1v) is 9.38. The highest BCUT2D eigenvalue weighted by Gasteiger charge is 2.26. The van der Waals surface area contributed by atoms with Crippen LogP contribution in [0, 0.1) is 0 Å². The number of anilines is 2. The van der Waals surface area contributed by atoms with Gasteiger partial charge in [0.1, 0.15) is 6.54 Å². The van der Waals surface area contributed by atoms with Gasteiger partial charge in [0.05, 0.1) is 7.11 Å². The van der Waals surface area contributed by atoms with Crippen LogP contribution in [0.2, 0.25) is 0 Å². The van der Waals surface area contributed by atoms with Crippen molar-refractivity contribution in [1.82, 2.24) is 10.2 Å². The largest absolute Gasteiger partial charge is 0.468 e. The van der Waals surface area contributed by atoms with Crippen molar-refractivity contribution in [3.05, 3.63) is 60.2 Å². The average molecular weight is 396 g/mol. The SMILES string of the molecule is COC(=O)CNC(=O)c1ccc(NC(=O)N2CC[C@H](Nc3ccccc3)C2)cc1. The van der Waals surface area contributed by atoms with Gasteiger partial charge in [-0.25, -0.2) is 4.79 Å². The van der Waals surface area contributed by atoms with Crippen LogP contribution in [0.5, 0.6) is 0 Å². The topological polar surface area (TPSA) is 99.8 Å². The molecular weight excluding hydrogens is 372 g/mol. The van der Waals surface area contributed by atoms with Gasteiger partial charge >= 0.3 is 12.0 Å². The molecular formula is C21H24N4O4. The summed E-state index contributed by atoms with van der Waals surface area (Å²) >= 11 is 0. The van der Waals surface area contributed by atoms with Gasteiger partial charge in [-0.15, -0.1) is 0 Å². The highest BCUT2D eigenvalue weighted by Crippen LogP contribution is 2.17. The number of esters is 1. The molecule has 29 heavy (non-hydrogen) atoms. The highest BCUT2D eigenvalue weighted by atomic mass is 16.5. The molecule has 1 fully saturated rings. The van der Waals surface area contributed by atoms with Crippen LogP contribution in [0.25, 0.3) is 0 Å². The molecule has 0 saturated carbocycles. The number of carbonyl (C=O) groups excluding carboxylic acids is 3. The molecule has 0 spiro atoms. The van der Waals surface area contributed by atoms with Crippen LogP contribution in [0.4, 0.5) is 16.2 Å². The van der Waals surface area contributed by atoms with E-state index in [9.17, 15) is 14.4 Å². The fraction of sp³-hybridized carbons (Fsp3) is 0.286. The molecule has 0 bridgehead atoms. The van der Waals surface area contributed by atoms with Crippen LogP contribution in [-0.4, -0.2) is 55.6 Å². The molecule has 2 aromatic rings. The Balaban J connectivity index is 1.48. The minimum atomic E-state index is -0.520. The Hall–Kier alpha value is -3.55. The van der Waals surface area contributed by atoms with Crippen molar-refractivity contribution in [2.45, 2.75) is 12.5 Å². The fourth-order valence-corrected chi connectivity index (χ4v) is 3.07. The number of nitrogens with one attached hydrogen (secondary N) is 3. The molecule has 1 heterocycles. The number of hydrogen-bond donors (Lipinski definition) is 3. The molecule has 1 atom stereocenters. The van der Waals surface area contributed by atoms with Crippen molar-refractivity contribution in [3.8, 4) is 0 Å². The van der Waals surface area contributed by atoms with Gasteiger partial charge in [-0.2, -0.15) is 0 Å². The number of hydrogen-bond acceptors (Lipinski definition) is 5. The number of para-hydroxylation sites is 1. The summed E-state index contributed by atoms with van der Waals surface area (Å²) in [7, 11) is 1.26. The Bertz CT molecular complexity index is 855. The number of urea groups is 1. The van der Waals surface area contributed by atoms with E-state index >= 15 is 0 Å². The lowest BCUT2D eigenvalue weighted by Gasteiger charge is -2.18. The summed E-state index contributed by atoms with van der Waals surface area (Å²) in [5, 5.41) is 8.75. The maximum Gasteiger partial charge on any atom is 0.325 e. The number of rotatable bonds is 6. The summed E-state index contributed by atoms with van der Waals surface area (Å²) in [5.74, 6) is -0.907.